The molecule has 0 unspecified atom stereocenters. The van der Waals surface area contributed by atoms with E-state index in [1.807, 2.05) is 0 Å². The second kappa shape index (κ2) is 3.97. The Morgan fingerprint density at radius 2 is 1.76 bits per heavy atom. The van der Waals surface area contributed by atoms with Gasteiger partial charge in [0.25, 0.3) is 0 Å². The van der Waals surface area contributed by atoms with Crippen LogP contribution in [-0.4, -0.2) is 16.1 Å². The summed E-state index contributed by atoms with van der Waals surface area (Å²) in [6, 6.07) is 1.72. The Kier molecular flexibility index (Phi) is 2.76. The van der Waals surface area contributed by atoms with E-state index in [-0.39, 0.29) is 23.3 Å². The number of alkyl halides is 3. The molecule has 1 aromatic heterocycles. The first kappa shape index (κ1) is 11.8. The maximum absolute atomic E-state index is 12.8. The van der Waals surface area contributed by atoms with E-state index in [4.69, 9.17) is 0 Å². The van der Waals surface area contributed by atoms with Gasteiger partial charge < -0.3 is 4.98 Å². The Bertz CT molecular complexity index is 504. The van der Waals surface area contributed by atoms with Gasteiger partial charge in [-0.05, 0) is 0 Å². The average molecular weight is 250 g/mol. The summed E-state index contributed by atoms with van der Waals surface area (Å²) >= 11 is 0. The summed E-state index contributed by atoms with van der Waals surface area (Å²) in [6.07, 6.45) is -5.66. The fraction of sp³-hybridized carbons (Fsp3) is 0.300. The van der Waals surface area contributed by atoms with Crippen molar-refractivity contribution in [2.45, 2.75) is 19.0 Å². The average Bonchev–Trinajstić information content (AvgIpc) is 2.57. The zero-order chi connectivity index (χ0) is 12.6. The molecule has 0 fully saturated rings. The van der Waals surface area contributed by atoms with Crippen LogP contribution >= 0.6 is 0 Å². The lowest BCUT2D eigenvalue weighted by Crippen LogP contribution is -2.09. The zero-order valence-corrected chi connectivity index (χ0v) is 8.41. The second-order valence-corrected chi connectivity index (χ2v) is 3.58. The first-order valence-electron chi connectivity index (χ1n) is 4.75. The normalized spacial score (nSPS) is 12.3. The van der Waals surface area contributed by atoms with Gasteiger partial charge in [0, 0.05) is 18.6 Å². The molecule has 0 amide bonds. The number of aromatic amines is 1. The van der Waals surface area contributed by atoms with Crippen LogP contribution in [0.15, 0.2) is 12.1 Å². The molecule has 2 aromatic rings. The number of nitrogens with zero attached hydrogens (tertiary/aromatic N) is 1. The Balaban J connectivity index is 2.26. The summed E-state index contributed by atoms with van der Waals surface area (Å²) in [4.78, 5) is 6.27. The first-order valence-corrected chi connectivity index (χ1v) is 4.75. The second-order valence-electron chi connectivity index (χ2n) is 3.58. The van der Waals surface area contributed by atoms with Crippen molar-refractivity contribution in [1.82, 2.24) is 9.97 Å². The summed E-state index contributed by atoms with van der Waals surface area (Å²) in [5, 5.41) is 0. The largest absolute Gasteiger partial charge is 0.389 e. The molecule has 92 valence electrons. The molecule has 0 radical (unpaired) electrons. The van der Waals surface area contributed by atoms with E-state index in [0.717, 1.165) is 12.1 Å². The van der Waals surface area contributed by atoms with Crippen LogP contribution in [0.4, 0.5) is 22.0 Å². The van der Waals surface area contributed by atoms with Crippen LogP contribution in [0, 0.1) is 11.6 Å². The third-order valence-electron chi connectivity index (χ3n) is 2.22. The number of hydrogen-bond donors (Lipinski definition) is 1. The predicted molar refractivity (Wildman–Crippen MR) is 50.4 cm³/mol. The number of benzene rings is 1. The van der Waals surface area contributed by atoms with Gasteiger partial charge in [0.2, 0.25) is 0 Å². The lowest BCUT2D eigenvalue weighted by molar-refractivity contribution is -0.134. The molecule has 0 atom stereocenters. The molecule has 0 aliphatic heterocycles. The van der Waals surface area contributed by atoms with E-state index in [1.54, 1.807) is 0 Å². The number of nitrogens with one attached hydrogen (secondary N) is 1. The first-order chi connectivity index (χ1) is 7.85. The van der Waals surface area contributed by atoms with Gasteiger partial charge in [0.15, 0.2) is 11.6 Å². The van der Waals surface area contributed by atoms with Gasteiger partial charge in [0.05, 0.1) is 17.5 Å². The van der Waals surface area contributed by atoms with Gasteiger partial charge in [-0.1, -0.05) is 0 Å². The molecule has 2 nitrogen and oxygen atoms in total. The molecule has 0 spiro atoms. The Morgan fingerprint density at radius 1 is 1.12 bits per heavy atom. The van der Waals surface area contributed by atoms with Crippen molar-refractivity contribution in [2.24, 2.45) is 0 Å². The number of hydrogen-bond acceptors (Lipinski definition) is 1. The summed E-state index contributed by atoms with van der Waals surface area (Å²) in [7, 11) is 0. The summed E-state index contributed by atoms with van der Waals surface area (Å²) in [5.74, 6) is -2.09. The van der Waals surface area contributed by atoms with E-state index in [0.29, 0.717) is 0 Å². The van der Waals surface area contributed by atoms with Crippen LogP contribution in [0.3, 0.4) is 0 Å². The molecular weight excluding hydrogens is 243 g/mol. The molecule has 0 bridgehead atoms. The minimum absolute atomic E-state index is 0.0577. The minimum Gasteiger partial charge on any atom is -0.342 e. The highest BCUT2D eigenvalue weighted by atomic mass is 19.4. The SMILES string of the molecule is Fc1cc2nc(CCC(F)(F)F)[nH]c2cc1F. The number of imidazole rings is 1. The van der Waals surface area contributed by atoms with Crippen molar-refractivity contribution in [2.75, 3.05) is 0 Å². The van der Waals surface area contributed by atoms with E-state index < -0.39 is 24.2 Å². The highest BCUT2D eigenvalue weighted by Crippen LogP contribution is 2.22. The third kappa shape index (κ3) is 2.72. The van der Waals surface area contributed by atoms with Crippen molar-refractivity contribution in [3.63, 3.8) is 0 Å². The number of fused-ring (bicyclic) bond motifs is 1. The van der Waals surface area contributed by atoms with E-state index in [9.17, 15) is 22.0 Å². The van der Waals surface area contributed by atoms with E-state index >= 15 is 0 Å². The highest BCUT2D eigenvalue weighted by molar-refractivity contribution is 5.75. The van der Waals surface area contributed by atoms with E-state index in [1.165, 1.54) is 0 Å². The smallest absolute Gasteiger partial charge is 0.342 e. The molecule has 17 heavy (non-hydrogen) atoms. The molecule has 0 saturated heterocycles. The van der Waals surface area contributed by atoms with Crippen molar-refractivity contribution in [1.29, 1.82) is 0 Å². The van der Waals surface area contributed by atoms with Crippen molar-refractivity contribution in [3.05, 3.63) is 29.6 Å². The highest BCUT2D eigenvalue weighted by Gasteiger charge is 2.27. The molecule has 0 aliphatic carbocycles. The lowest BCUT2D eigenvalue weighted by Gasteiger charge is -2.02. The van der Waals surface area contributed by atoms with Gasteiger partial charge in [-0.2, -0.15) is 13.2 Å². The minimum atomic E-state index is -4.28. The number of rotatable bonds is 2. The summed E-state index contributed by atoms with van der Waals surface area (Å²) < 4.78 is 61.5. The zero-order valence-electron chi connectivity index (χ0n) is 8.41. The lowest BCUT2D eigenvalue weighted by atomic mass is 10.3. The molecule has 1 aromatic carbocycles. The molecule has 1 N–H and O–H groups in total. The summed E-state index contributed by atoms with van der Waals surface area (Å²) in [5.41, 5.74) is 0.294. The van der Waals surface area contributed by atoms with Crippen LogP contribution in [0.1, 0.15) is 12.2 Å². The third-order valence-corrected chi connectivity index (χ3v) is 2.22. The van der Waals surface area contributed by atoms with Gasteiger partial charge in [-0.15, -0.1) is 0 Å². The Hall–Kier alpha value is -1.66. The molecule has 0 saturated carbocycles. The van der Waals surface area contributed by atoms with Gasteiger partial charge in [0.1, 0.15) is 5.82 Å². The van der Waals surface area contributed by atoms with Crippen molar-refractivity contribution < 1.29 is 22.0 Å². The van der Waals surface area contributed by atoms with Gasteiger partial charge >= 0.3 is 6.18 Å². The van der Waals surface area contributed by atoms with Gasteiger partial charge in [-0.3, -0.25) is 0 Å². The Morgan fingerprint density at radius 3 is 2.41 bits per heavy atom. The van der Waals surface area contributed by atoms with Crippen molar-refractivity contribution in [3.8, 4) is 0 Å². The molecule has 1 heterocycles. The maximum Gasteiger partial charge on any atom is 0.389 e. The number of H-pyrrole nitrogens is 1. The topological polar surface area (TPSA) is 28.7 Å². The molecular formula is C10H7F5N2. The fourth-order valence-corrected chi connectivity index (χ4v) is 1.44. The molecule has 7 heteroatoms. The number of aryl methyl sites for hydroxylation is 1. The van der Waals surface area contributed by atoms with Gasteiger partial charge in [-0.25, -0.2) is 13.8 Å². The van der Waals surface area contributed by atoms with Crippen LogP contribution in [0.25, 0.3) is 11.0 Å². The standard InChI is InChI=1S/C10H7F5N2/c11-5-3-7-8(4-6(5)12)17-9(16-7)1-2-10(13,14)15/h3-4H,1-2H2,(H,16,17). The Labute approximate surface area is 92.5 Å². The quantitative estimate of drug-likeness (QED) is 0.813. The van der Waals surface area contributed by atoms with Crippen LogP contribution in [0.2, 0.25) is 0 Å². The predicted octanol–water partition coefficient (Wildman–Crippen LogP) is 3.34. The van der Waals surface area contributed by atoms with Crippen LogP contribution < -0.4 is 0 Å². The van der Waals surface area contributed by atoms with Crippen LogP contribution in [-0.2, 0) is 6.42 Å². The van der Waals surface area contributed by atoms with Crippen molar-refractivity contribution >= 4 is 11.0 Å². The monoisotopic (exact) mass is 250 g/mol. The number of halogens is 5. The number of aromatic nitrogens is 2. The molecule has 0 aliphatic rings. The summed E-state index contributed by atoms with van der Waals surface area (Å²) in [6.45, 7) is 0. The van der Waals surface area contributed by atoms with Crippen LogP contribution in [0.5, 0.6) is 0 Å². The molecule has 2 rings (SSSR count). The van der Waals surface area contributed by atoms with E-state index in [2.05, 4.69) is 9.97 Å². The maximum atomic E-state index is 12.8. The fourth-order valence-electron chi connectivity index (χ4n) is 1.44.